The summed E-state index contributed by atoms with van der Waals surface area (Å²) < 4.78 is 0. The Morgan fingerprint density at radius 1 is 1.20 bits per heavy atom. The maximum Gasteiger partial charge on any atom is 0.134 e. The Hall–Kier alpha value is -0.960. The average Bonchev–Trinajstić information content (AvgIpc) is 2.15. The highest BCUT2D eigenvalue weighted by molar-refractivity contribution is 5.26. The molecule has 0 aliphatic heterocycles. The first-order valence-corrected chi connectivity index (χ1v) is 5.47. The van der Waals surface area contributed by atoms with Gasteiger partial charge in [0.15, 0.2) is 0 Å². The molecular weight excluding hydrogens is 186 g/mol. The zero-order valence-corrected chi connectivity index (χ0v) is 10.4. The summed E-state index contributed by atoms with van der Waals surface area (Å²) in [5.74, 6) is 0.887. The molecule has 84 valence electrons. The molecule has 2 N–H and O–H groups in total. The molecule has 0 unspecified atom stereocenters. The van der Waals surface area contributed by atoms with Crippen molar-refractivity contribution in [3.8, 4) is 0 Å². The van der Waals surface area contributed by atoms with E-state index in [1.807, 2.05) is 6.92 Å². The molecule has 3 heteroatoms. The van der Waals surface area contributed by atoms with E-state index in [1.54, 1.807) is 0 Å². The zero-order valence-electron chi connectivity index (χ0n) is 10.4. The van der Waals surface area contributed by atoms with E-state index in [0.29, 0.717) is 6.54 Å². The summed E-state index contributed by atoms with van der Waals surface area (Å²) in [5.41, 5.74) is 8.97. The molecule has 0 amide bonds. The number of aromatic nitrogens is 2. The molecule has 0 spiro atoms. The van der Waals surface area contributed by atoms with Crippen LogP contribution in [0.2, 0.25) is 0 Å². The number of aryl methyl sites for hydroxylation is 1. The second-order valence-corrected chi connectivity index (χ2v) is 4.87. The Balaban J connectivity index is 3.32. The summed E-state index contributed by atoms with van der Waals surface area (Å²) >= 11 is 0. The molecule has 0 aromatic carbocycles. The average molecular weight is 207 g/mol. The summed E-state index contributed by atoms with van der Waals surface area (Å²) in [6.45, 7) is 11.0. The Bertz CT molecular complexity index is 351. The van der Waals surface area contributed by atoms with Crippen molar-refractivity contribution in [2.75, 3.05) is 0 Å². The summed E-state index contributed by atoms with van der Waals surface area (Å²) in [4.78, 5) is 9.12. The van der Waals surface area contributed by atoms with Gasteiger partial charge < -0.3 is 5.73 Å². The van der Waals surface area contributed by atoms with Crippen molar-refractivity contribution in [1.82, 2.24) is 9.97 Å². The number of hydrogen-bond acceptors (Lipinski definition) is 3. The van der Waals surface area contributed by atoms with Crippen molar-refractivity contribution in [3.05, 3.63) is 22.8 Å². The molecular formula is C12H21N3. The fraction of sp³-hybridized carbons (Fsp3) is 0.667. The highest BCUT2D eigenvalue weighted by Crippen LogP contribution is 2.21. The minimum atomic E-state index is -0.0129. The van der Waals surface area contributed by atoms with E-state index >= 15 is 0 Å². The first-order chi connectivity index (χ1) is 6.90. The van der Waals surface area contributed by atoms with Gasteiger partial charge in [-0.25, -0.2) is 9.97 Å². The fourth-order valence-electron chi connectivity index (χ4n) is 1.62. The van der Waals surface area contributed by atoms with Gasteiger partial charge in [0.25, 0.3) is 0 Å². The van der Waals surface area contributed by atoms with Gasteiger partial charge in [-0.2, -0.15) is 0 Å². The Morgan fingerprint density at radius 3 is 2.20 bits per heavy atom. The van der Waals surface area contributed by atoms with Crippen LogP contribution in [-0.2, 0) is 18.4 Å². The van der Waals surface area contributed by atoms with Crippen molar-refractivity contribution in [2.45, 2.75) is 53.0 Å². The monoisotopic (exact) mass is 207 g/mol. The van der Waals surface area contributed by atoms with Crippen molar-refractivity contribution in [3.63, 3.8) is 0 Å². The van der Waals surface area contributed by atoms with E-state index in [-0.39, 0.29) is 5.41 Å². The Kier molecular flexibility index (Phi) is 3.45. The number of nitrogens with two attached hydrogens (primary N) is 1. The Labute approximate surface area is 92.1 Å². The second kappa shape index (κ2) is 4.27. The molecule has 0 radical (unpaired) electrons. The van der Waals surface area contributed by atoms with Crippen LogP contribution in [0.5, 0.6) is 0 Å². The molecule has 15 heavy (non-hydrogen) atoms. The fourth-order valence-corrected chi connectivity index (χ4v) is 1.62. The van der Waals surface area contributed by atoms with Gasteiger partial charge in [0, 0.05) is 17.7 Å². The summed E-state index contributed by atoms with van der Waals surface area (Å²) in [5, 5.41) is 0. The van der Waals surface area contributed by atoms with Gasteiger partial charge in [0.2, 0.25) is 0 Å². The molecule has 0 saturated carbocycles. The van der Waals surface area contributed by atoms with Crippen LogP contribution in [0.4, 0.5) is 0 Å². The van der Waals surface area contributed by atoms with Crippen molar-refractivity contribution in [1.29, 1.82) is 0 Å². The van der Waals surface area contributed by atoms with Crippen LogP contribution < -0.4 is 5.73 Å². The molecule has 1 aromatic heterocycles. The van der Waals surface area contributed by atoms with Crippen molar-refractivity contribution < 1.29 is 0 Å². The summed E-state index contributed by atoms with van der Waals surface area (Å²) in [7, 11) is 0. The predicted octanol–water partition coefficient (Wildman–Crippen LogP) is 2.10. The third kappa shape index (κ3) is 2.53. The second-order valence-electron chi connectivity index (χ2n) is 4.87. The van der Waals surface area contributed by atoms with Gasteiger partial charge in [-0.15, -0.1) is 0 Å². The van der Waals surface area contributed by atoms with Crippen LogP contribution in [0.15, 0.2) is 0 Å². The molecule has 0 aliphatic carbocycles. The minimum absolute atomic E-state index is 0.0129. The van der Waals surface area contributed by atoms with Gasteiger partial charge in [0.05, 0.1) is 5.69 Å². The summed E-state index contributed by atoms with van der Waals surface area (Å²) in [6, 6.07) is 0. The first kappa shape index (κ1) is 12.1. The lowest BCUT2D eigenvalue weighted by Crippen LogP contribution is -2.20. The molecule has 3 nitrogen and oxygen atoms in total. The molecule has 0 aliphatic rings. The highest BCUT2D eigenvalue weighted by Gasteiger charge is 2.19. The third-order valence-corrected chi connectivity index (χ3v) is 2.52. The van der Waals surface area contributed by atoms with E-state index < -0.39 is 0 Å². The number of hydrogen-bond donors (Lipinski definition) is 1. The standard InChI is InChI=1S/C12H21N3/c1-6-9-8(2)14-11(12(3,4)5)15-10(9)7-13/h6-7,13H2,1-5H3. The molecule has 0 fully saturated rings. The van der Waals surface area contributed by atoms with Gasteiger partial charge in [-0.05, 0) is 18.9 Å². The van der Waals surface area contributed by atoms with E-state index in [4.69, 9.17) is 5.73 Å². The zero-order chi connectivity index (χ0) is 11.6. The van der Waals surface area contributed by atoms with Crippen LogP contribution in [0.25, 0.3) is 0 Å². The van der Waals surface area contributed by atoms with Gasteiger partial charge in [-0.1, -0.05) is 27.7 Å². The minimum Gasteiger partial charge on any atom is -0.325 e. The Morgan fingerprint density at radius 2 is 1.80 bits per heavy atom. The molecule has 0 bridgehead atoms. The van der Waals surface area contributed by atoms with E-state index in [0.717, 1.165) is 23.6 Å². The first-order valence-electron chi connectivity index (χ1n) is 5.47. The smallest absolute Gasteiger partial charge is 0.134 e. The lowest BCUT2D eigenvalue weighted by Gasteiger charge is -2.19. The third-order valence-electron chi connectivity index (χ3n) is 2.52. The van der Waals surface area contributed by atoms with Crippen LogP contribution in [0.3, 0.4) is 0 Å². The van der Waals surface area contributed by atoms with Crippen LogP contribution in [0.1, 0.15) is 50.5 Å². The van der Waals surface area contributed by atoms with Gasteiger partial charge in [0.1, 0.15) is 5.82 Å². The quantitative estimate of drug-likeness (QED) is 0.808. The van der Waals surface area contributed by atoms with Crippen molar-refractivity contribution >= 4 is 0 Å². The van der Waals surface area contributed by atoms with E-state index in [1.165, 1.54) is 5.56 Å². The SMILES string of the molecule is CCc1c(C)nc(C(C)(C)C)nc1CN. The molecule has 1 heterocycles. The van der Waals surface area contributed by atoms with Gasteiger partial charge >= 0.3 is 0 Å². The van der Waals surface area contributed by atoms with Crippen LogP contribution in [0, 0.1) is 6.92 Å². The number of rotatable bonds is 2. The lowest BCUT2D eigenvalue weighted by molar-refractivity contribution is 0.537. The maximum absolute atomic E-state index is 5.72. The van der Waals surface area contributed by atoms with E-state index in [2.05, 4.69) is 37.7 Å². The van der Waals surface area contributed by atoms with Gasteiger partial charge in [-0.3, -0.25) is 0 Å². The summed E-state index contributed by atoms with van der Waals surface area (Å²) in [6.07, 6.45) is 0.947. The topological polar surface area (TPSA) is 51.8 Å². The largest absolute Gasteiger partial charge is 0.325 e. The van der Waals surface area contributed by atoms with Crippen LogP contribution >= 0.6 is 0 Å². The normalized spacial score (nSPS) is 11.9. The predicted molar refractivity (Wildman–Crippen MR) is 62.7 cm³/mol. The molecule has 0 saturated heterocycles. The molecule has 1 rings (SSSR count). The molecule has 1 aromatic rings. The maximum atomic E-state index is 5.72. The van der Waals surface area contributed by atoms with Crippen molar-refractivity contribution in [2.24, 2.45) is 5.73 Å². The number of nitrogens with zero attached hydrogens (tertiary/aromatic N) is 2. The highest BCUT2D eigenvalue weighted by atomic mass is 14.9. The van der Waals surface area contributed by atoms with Crippen LogP contribution in [-0.4, -0.2) is 9.97 Å². The lowest BCUT2D eigenvalue weighted by atomic mass is 9.94. The molecule has 0 atom stereocenters. The van der Waals surface area contributed by atoms with E-state index in [9.17, 15) is 0 Å².